The molecule has 0 saturated heterocycles. The van der Waals surface area contributed by atoms with Crippen molar-refractivity contribution in [1.29, 1.82) is 0 Å². The van der Waals surface area contributed by atoms with Crippen LogP contribution in [-0.2, 0) is 0 Å². The number of hydrogen-bond acceptors (Lipinski definition) is 0. The summed E-state index contributed by atoms with van der Waals surface area (Å²) in [6.45, 7) is 0. The molecule has 5 aromatic rings. The summed E-state index contributed by atoms with van der Waals surface area (Å²) in [5.74, 6) is 0. The minimum atomic E-state index is 1.31. The lowest BCUT2D eigenvalue weighted by Gasteiger charge is -2.30. The van der Waals surface area contributed by atoms with Gasteiger partial charge in [0.05, 0.1) is 0 Å². The molecule has 0 unspecified atom stereocenters. The molecule has 39 heavy (non-hydrogen) atoms. The van der Waals surface area contributed by atoms with Gasteiger partial charge < -0.3 is 0 Å². The van der Waals surface area contributed by atoms with E-state index in [0.717, 1.165) is 0 Å². The minimum Gasteiger partial charge on any atom is -0.102 e. The quantitative estimate of drug-likeness (QED) is 0.173. The first-order valence-corrected chi connectivity index (χ1v) is 14.4. The third kappa shape index (κ3) is 3.86. The van der Waals surface area contributed by atoms with E-state index >= 15 is 0 Å². The highest BCUT2D eigenvalue weighted by Crippen LogP contribution is 2.39. The van der Waals surface area contributed by atoms with Crippen molar-refractivity contribution in [3.05, 3.63) is 30.3 Å². The van der Waals surface area contributed by atoms with Crippen LogP contribution in [0.1, 0.15) is 0 Å². The van der Waals surface area contributed by atoms with Gasteiger partial charge in [-0.1, -0.05) is 63.1 Å². The summed E-state index contributed by atoms with van der Waals surface area (Å²) in [5.41, 5.74) is 23.9. The molecule has 0 aromatic heterocycles. The van der Waals surface area contributed by atoms with Crippen molar-refractivity contribution in [3.8, 4) is 22.3 Å². The molecule has 5 aromatic carbocycles. The molecule has 0 atom stereocenters. The van der Waals surface area contributed by atoms with Crippen molar-refractivity contribution in [3.63, 3.8) is 0 Å². The number of benzene rings is 5. The van der Waals surface area contributed by atoms with Gasteiger partial charge in [-0.05, 0) is 43.8 Å². The zero-order valence-electron chi connectivity index (χ0n) is 26.4. The fourth-order valence-corrected chi connectivity index (χ4v) is 7.14. The Labute approximate surface area is 246 Å². The van der Waals surface area contributed by atoms with Gasteiger partial charge in [0, 0.05) is 0 Å². The predicted octanol–water partition coefficient (Wildman–Crippen LogP) is -15.3. The van der Waals surface area contributed by atoms with Crippen molar-refractivity contribution in [2.24, 2.45) is 0 Å². The number of fused-ring (bicyclic) bond motifs is 2. The molecule has 0 saturated carbocycles. The molecule has 0 amide bonds. The standard InChI is InChI=1S/C26H31B13/c27-14-9-7(6-4-2-1-3-5-6)10-12(17(30)23(36)21(34)15(10)28)8(11(9)16(29)22(35)20(14)33)13-18(31)24(37)26(39)25(38)19(13)32/h1-5H,27-39H2. The third-order valence-electron chi connectivity index (χ3n) is 10.7. The van der Waals surface area contributed by atoms with E-state index in [0.29, 0.717) is 0 Å². The summed E-state index contributed by atoms with van der Waals surface area (Å²) < 4.78 is 0. The van der Waals surface area contributed by atoms with E-state index in [2.05, 4.69) is 132 Å². The zero-order chi connectivity index (χ0) is 28.7. The van der Waals surface area contributed by atoms with E-state index < -0.39 is 0 Å². The van der Waals surface area contributed by atoms with Gasteiger partial charge in [0.25, 0.3) is 0 Å². The van der Waals surface area contributed by atoms with E-state index in [1.807, 2.05) is 0 Å². The van der Waals surface area contributed by atoms with Crippen LogP contribution in [0.4, 0.5) is 0 Å². The van der Waals surface area contributed by atoms with Crippen LogP contribution in [0.5, 0.6) is 0 Å². The summed E-state index contributed by atoms with van der Waals surface area (Å²) in [6.07, 6.45) is 0. The first-order chi connectivity index (χ1) is 18.3. The molecule has 0 fully saturated rings. The molecular formula is C26H31B13. The molecule has 174 valence electrons. The predicted molar refractivity (Wildman–Crippen MR) is 219 cm³/mol. The van der Waals surface area contributed by atoms with E-state index in [4.69, 9.17) is 0 Å². The van der Waals surface area contributed by atoms with Crippen LogP contribution in [0.15, 0.2) is 30.3 Å². The van der Waals surface area contributed by atoms with Gasteiger partial charge in [-0.25, -0.2) is 0 Å². The molecule has 0 heterocycles. The van der Waals surface area contributed by atoms with Crippen LogP contribution >= 0.6 is 0 Å². The SMILES string of the molecule is Bc1c(B)c(B)c(-c2c3c(B)c(B)c(B)c(B)c3c(-c3ccccc3)c3c(B)c(B)c(B)c(B)c23)c(B)c1B. The van der Waals surface area contributed by atoms with E-state index in [1.54, 1.807) is 0 Å². The average Bonchev–Trinajstić information content (AvgIpc) is 2.94. The molecule has 0 radical (unpaired) electrons. The highest BCUT2D eigenvalue weighted by molar-refractivity contribution is 6.73. The largest absolute Gasteiger partial charge is 0.139 e. The fourth-order valence-electron chi connectivity index (χ4n) is 7.14. The van der Waals surface area contributed by atoms with Crippen LogP contribution in [0.25, 0.3) is 43.8 Å². The molecular weight excluding hydrogens is 453 g/mol. The number of hydrogen-bond donors (Lipinski definition) is 0. The smallest absolute Gasteiger partial charge is 0.102 e. The Kier molecular flexibility index (Phi) is 7.06. The van der Waals surface area contributed by atoms with Crippen molar-refractivity contribution in [2.45, 2.75) is 0 Å². The van der Waals surface area contributed by atoms with Crippen LogP contribution < -0.4 is 71.0 Å². The summed E-state index contributed by atoms with van der Waals surface area (Å²) >= 11 is 0. The van der Waals surface area contributed by atoms with Gasteiger partial charge in [0.2, 0.25) is 0 Å². The van der Waals surface area contributed by atoms with Gasteiger partial charge in [0.15, 0.2) is 0 Å². The second kappa shape index (κ2) is 9.83. The minimum absolute atomic E-state index is 1.31. The van der Waals surface area contributed by atoms with Crippen molar-refractivity contribution >= 4 is 195 Å². The van der Waals surface area contributed by atoms with Gasteiger partial charge in [-0.2, -0.15) is 0 Å². The second-order valence-electron chi connectivity index (χ2n) is 12.1. The van der Waals surface area contributed by atoms with Crippen LogP contribution in [0.2, 0.25) is 0 Å². The summed E-state index contributed by atoms with van der Waals surface area (Å²) in [7, 11) is 30.3. The van der Waals surface area contributed by atoms with Crippen LogP contribution in [0, 0.1) is 0 Å². The topological polar surface area (TPSA) is 0 Å². The molecule has 0 nitrogen and oxygen atoms in total. The van der Waals surface area contributed by atoms with Gasteiger partial charge in [-0.3, -0.25) is 0 Å². The molecule has 0 aliphatic carbocycles. The highest BCUT2D eigenvalue weighted by atomic mass is 14.3. The average molecular weight is 484 g/mol. The Balaban J connectivity index is 2.30. The van der Waals surface area contributed by atoms with Crippen LogP contribution in [0.3, 0.4) is 0 Å². The first-order valence-electron chi connectivity index (χ1n) is 14.4. The third-order valence-corrected chi connectivity index (χ3v) is 10.7. The maximum absolute atomic E-state index is 2.36. The lowest BCUT2D eigenvalue weighted by molar-refractivity contribution is 1.69. The summed E-state index contributed by atoms with van der Waals surface area (Å²) in [6, 6.07) is 11.1. The normalized spacial score (nSPS) is 11.4. The molecule has 0 spiro atoms. The Hall–Kier alpha value is -2.54. The Morgan fingerprint density at radius 3 is 0.897 bits per heavy atom. The maximum Gasteiger partial charge on any atom is 0.139 e. The molecule has 5 rings (SSSR count). The lowest BCUT2D eigenvalue weighted by Crippen LogP contribution is -2.55. The number of rotatable bonds is 2. The Morgan fingerprint density at radius 2 is 0.538 bits per heavy atom. The van der Waals surface area contributed by atoms with Gasteiger partial charge >= 0.3 is 0 Å². The van der Waals surface area contributed by atoms with Crippen molar-refractivity contribution in [1.82, 2.24) is 0 Å². The molecule has 0 N–H and O–H groups in total. The molecule has 13 heteroatoms. The van der Waals surface area contributed by atoms with Gasteiger partial charge in [0.1, 0.15) is 102 Å². The van der Waals surface area contributed by atoms with Crippen molar-refractivity contribution in [2.75, 3.05) is 0 Å². The van der Waals surface area contributed by atoms with E-state index in [-0.39, 0.29) is 0 Å². The lowest BCUT2D eigenvalue weighted by atomic mass is 9.56. The first kappa shape index (κ1) is 28.0. The van der Waals surface area contributed by atoms with E-state index in [1.165, 1.54) is 115 Å². The van der Waals surface area contributed by atoms with Crippen molar-refractivity contribution < 1.29 is 0 Å². The zero-order valence-corrected chi connectivity index (χ0v) is 26.4. The maximum atomic E-state index is 2.36. The Bertz CT molecular complexity index is 1770. The van der Waals surface area contributed by atoms with E-state index in [9.17, 15) is 0 Å². The molecule has 0 aliphatic rings. The monoisotopic (exact) mass is 486 g/mol. The van der Waals surface area contributed by atoms with Gasteiger partial charge in [-0.15, -0.1) is 38.2 Å². The fraction of sp³-hybridized carbons (Fsp3) is 0. The highest BCUT2D eigenvalue weighted by Gasteiger charge is 2.26. The summed E-state index contributed by atoms with van der Waals surface area (Å²) in [4.78, 5) is 0. The van der Waals surface area contributed by atoms with Crippen LogP contribution in [-0.4, -0.2) is 102 Å². The second-order valence-corrected chi connectivity index (χ2v) is 12.1. The summed E-state index contributed by atoms with van der Waals surface area (Å²) in [5, 5.41) is 5.71. The molecule has 0 bridgehead atoms. The Morgan fingerprint density at radius 1 is 0.256 bits per heavy atom. The molecule has 0 aliphatic heterocycles.